The zero-order valence-corrected chi connectivity index (χ0v) is 73.1. The number of amides is 1. The summed E-state index contributed by atoms with van der Waals surface area (Å²) in [5, 5.41) is 59.2. The van der Waals surface area contributed by atoms with Gasteiger partial charge in [-0.3, -0.25) is 43.6 Å². The first-order valence-corrected chi connectivity index (χ1v) is 42.0. The number of aliphatic carboxylic acids is 1. The van der Waals surface area contributed by atoms with Crippen LogP contribution in [0.25, 0.3) is 99.2 Å². The van der Waals surface area contributed by atoms with E-state index in [1.165, 1.54) is 122 Å². The number of aryl methyl sites for hydroxylation is 3. The number of fused-ring (bicyclic) bond motifs is 9. The largest absolute Gasteiger partial charge is 0.493 e. The first-order valence-electron chi connectivity index (χ1n) is 42.0. The Labute approximate surface area is 747 Å². The molecule has 2 aliphatic heterocycles. The number of aromatic nitrogens is 9. The molecule has 8 heterocycles. The Hall–Kier alpha value is -15.1. The molecule has 2 saturated heterocycles. The molecule has 0 aliphatic carbocycles. The summed E-state index contributed by atoms with van der Waals surface area (Å²) in [6.07, 6.45) is 1.58. The van der Waals surface area contributed by atoms with E-state index < -0.39 is 47.7 Å². The van der Waals surface area contributed by atoms with Gasteiger partial charge in [-0.15, -0.1) is 0 Å². The lowest BCUT2D eigenvalue weighted by Gasteiger charge is -2.34. The molecular formula is C98H95F3N18O11. The van der Waals surface area contributed by atoms with Gasteiger partial charge in [-0.2, -0.15) is 31.1 Å². The van der Waals surface area contributed by atoms with Crippen LogP contribution in [0.2, 0.25) is 0 Å². The number of methoxy groups -OCH3 is 4. The number of hydrogen-bond donors (Lipinski definition) is 3. The van der Waals surface area contributed by atoms with Crippen molar-refractivity contribution in [2.24, 2.45) is 26.9 Å². The van der Waals surface area contributed by atoms with Gasteiger partial charge in [-0.25, -0.2) is 22.8 Å². The Morgan fingerprint density at radius 2 is 0.738 bits per heavy atom. The van der Waals surface area contributed by atoms with Crippen LogP contribution in [0, 0.1) is 51.4 Å². The van der Waals surface area contributed by atoms with Gasteiger partial charge in [-0.05, 0) is 104 Å². The Kier molecular flexibility index (Phi) is 29.1. The highest BCUT2D eigenvalue weighted by atomic mass is 19.1. The second-order valence-electron chi connectivity index (χ2n) is 30.7. The molecule has 32 heteroatoms. The normalized spacial score (nSPS) is 13.7. The molecule has 2 aliphatic rings. The molecule has 130 heavy (non-hydrogen) atoms. The predicted octanol–water partition coefficient (Wildman–Crippen LogP) is 14.4. The summed E-state index contributed by atoms with van der Waals surface area (Å²) in [5.74, 6) is -1.69. The molecule has 17 rings (SSSR count). The molecule has 3 atom stereocenters. The lowest BCUT2D eigenvalue weighted by molar-refractivity contribution is -0.149. The van der Waals surface area contributed by atoms with E-state index in [1.54, 1.807) is 119 Å². The molecule has 664 valence electrons. The lowest BCUT2D eigenvalue weighted by Crippen LogP contribution is -2.48. The van der Waals surface area contributed by atoms with Crippen molar-refractivity contribution in [2.45, 2.75) is 32.2 Å². The average Bonchev–Trinajstić information content (AvgIpc) is 1.59. The first-order chi connectivity index (χ1) is 63.1. The zero-order valence-electron chi connectivity index (χ0n) is 73.1. The number of carboxylic acid groups (broad SMARTS) is 1. The number of esters is 1. The predicted molar refractivity (Wildman–Crippen MR) is 486 cm³/mol. The minimum Gasteiger partial charge on any atom is -0.493 e. The number of rotatable bonds is 25. The van der Waals surface area contributed by atoms with Crippen LogP contribution in [0.15, 0.2) is 201 Å². The van der Waals surface area contributed by atoms with Crippen LogP contribution in [-0.2, 0) is 40.3 Å². The van der Waals surface area contributed by atoms with Gasteiger partial charge in [0.05, 0.1) is 115 Å². The minimum absolute atomic E-state index is 0.186. The summed E-state index contributed by atoms with van der Waals surface area (Å²) >= 11 is 0. The molecule has 0 saturated carbocycles. The number of piperazine rings is 2. The van der Waals surface area contributed by atoms with Gasteiger partial charge in [0.2, 0.25) is 18.3 Å². The number of carbonyl (C=O) groups is 3. The van der Waals surface area contributed by atoms with Crippen LogP contribution < -0.4 is 39.5 Å². The molecule has 29 nitrogen and oxygen atoms in total. The Bertz CT molecular complexity index is 6730. The Balaban J connectivity index is 0.000000149. The van der Waals surface area contributed by atoms with Gasteiger partial charge in [0.15, 0.2) is 34.5 Å². The molecule has 4 N–H and O–H groups in total. The van der Waals surface area contributed by atoms with Crippen molar-refractivity contribution in [3.05, 3.63) is 251 Å². The van der Waals surface area contributed by atoms with Crippen LogP contribution >= 0.6 is 0 Å². The number of halogens is 3. The minimum atomic E-state index is -1.39. The smallest absolute Gasteiger partial charge is 0.351 e. The number of pyridine rings is 3. The molecule has 9 aromatic carbocycles. The Morgan fingerprint density at radius 3 is 1.05 bits per heavy atom. The van der Waals surface area contributed by atoms with E-state index >= 15 is 0 Å². The van der Waals surface area contributed by atoms with E-state index in [0.717, 1.165) is 118 Å². The molecule has 0 spiro atoms. The quantitative estimate of drug-likeness (QED) is 0.0447. The van der Waals surface area contributed by atoms with Crippen molar-refractivity contribution in [1.29, 1.82) is 15.8 Å². The first kappa shape index (κ1) is 91.1. The van der Waals surface area contributed by atoms with Crippen LogP contribution in [-0.4, -0.2) is 207 Å². The molecule has 2 fully saturated rings. The summed E-state index contributed by atoms with van der Waals surface area (Å²) in [4.78, 5) is 61.8. The summed E-state index contributed by atoms with van der Waals surface area (Å²) in [5.41, 5.74) is 17.1. The average molecular weight is 1760 g/mol. The number of carbonyl (C=O) groups excluding carboxylic acids is 2. The van der Waals surface area contributed by atoms with Gasteiger partial charge >= 0.3 is 11.9 Å². The van der Waals surface area contributed by atoms with Crippen LogP contribution in [0.1, 0.15) is 65.5 Å². The summed E-state index contributed by atoms with van der Waals surface area (Å²) in [7, 11) is 11.2. The van der Waals surface area contributed by atoms with Gasteiger partial charge in [0, 0.05) is 184 Å². The SMILES string of the molecule is CCN1CCN(CCN)CC1.CCN1CCN(CCNC(=O)C(Oc2cc3c(cc2OC)ncc2c3c(-c3ccc(C#N)cc3)nn2C)c2ccc(F)cc2)CC1.COC(=O)C(Oc1cc2c(cc1OC)ncc1c2c(-c2ccc(C#N)cc2)nn1C)c1ccc(F)cc1.COc1cc2ncc3c(c(-c4ccc(C#N)cc4)nn3C)c2cc1OC(C(=O)O)c1ccc(F)cc1. The molecule has 1 amide bonds. The lowest BCUT2D eigenvalue weighted by atomic mass is 10.0. The number of ether oxygens (including phenoxy) is 7. The molecule has 6 aromatic heterocycles. The van der Waals surface area contributed by atoms with Gasteiger partial charge in [0.25, 0.3) is 5.91 Å². The number of nitriles is 3. The monoisotopic (exact) mass is 1760 g/mol. The second-order valence-corrected chi connectivity index (χ2v) is 30.7. The molecule has 3 unspecified atom stereocenters. The van der Waals surface area contributed by atoms with Crippen molar-refractivity contribution < 1.29 is 65.8 Å². The van der Waals surface area contributed by atoms with Crippen LogP contribution in [0.4, 0.5) is 13.2 Å². The standard InChI is InChI=1S/C35H36FN7O3.C28H21FN4O4.C27H19FN4O4.C8H19N3/c1-4-42-15-17-43(18-16-42)14-13-38-35(44)34(25-9-11-26(36)12-10-25)46-31-19-27-28(20-30(31)45-3)39-22-29-32(27)33(40-41(29)2)24-7-5-23(21-37)6-8-24;1-33-22-15-31-21-13-23(35-2)24(37-27(28(34)36-3)18-8-10-19(29)11-9-18)12-20(21)25(22)26(32-33)17-6-4-16(14-30)5-7-17;1-32-21-14-30-20-12-22(35-2)23(36-26(27(33)34)17-7-9-18(28)10-8-17)11-19(20)24(21)25(31-32)16-5-3-15(13-29)4-6-16;1-2-10-5-7-11(4-3-9)8-6-10/h5-12,19-20,22,34H,4,13-18H2,1-3H3,(H,38,44);4-13,15,27H,1-3H3;3-12,14,26H,1-2H3,(H,33,34);2-9H2,1H3. The third-order valence-electron chi connectivity index (χ3n) is 22.9. The summed E-state index contributed by atoms with van der Waals surface area (Å²) < 4.78 is 86.2. The van der Waals surface area contributed by atoms with E-state index in [2.05, 4.69) is 77.0 Å². The zero-order chi connectivity index (χ0) is 91.8. The van der Waals surface area contributed by atoms with Gasteiger partial charge < -0.3 is 59.1 Å². The number of likely N-dealkylation sites (N-methyl/N-ethyl adjacent to an activating group) is 2. The van der Waals surface area contributed by atoms with Crippen molar-refractivity contribution in [1.82, 2.24) is 69.2 Å². The number of nitrogens with two attached hydrogens (primary N) is 1. The highest BCUT2D eigenvalue weighted by Gasteiger charge is 2.31. The van der Waals surface area contributed by atoms with E-state index in [-0.39, 0.29) is 23.0 Å². The number of hydrogen-bond acceptors (Lipinski definition) is 24. The van der Waals surface area contributed by atoms with Crippen LogP contribution in [0.5, 0.6) is 34.5 Å². The maximum atomic E-state index is 13.9. The van der Waals surface area contributed by atoms with Crippen molar-refractivity contribution in [3.63, 3.8) is 0 Å². The summed E-state index contributed by atoms with van der Waals surface area (Å²) in [6, 6.07) is 54.5. The van der Waals surface area contributed by atoms with Gasteiger partial charge in [0.1, 0.15) is 34.5 Å². The molecule has 0 radical (unpaired) electrons. The fraction of sp³-hybridized carbons (Fsp3) is 0.265. The van der Waals surface area contributed by atoms with Crippen LogP contribution in [0.3, 0.4) is 0 Å². The highest BCUT2D eigenvalue weighted by molar-refractivity contribution is 6.14. The number of benzene rings is 9. The third kappa shape index (κ3) is 20.4. The fourth-order valence-corrected chi connectivity index (χ4v) is 15.7. The van der Waals surface area contributed by atoms with Gasteiger partial charge in [-0.1, -0.05) is 86.6 Å². The highest BCUT2D eigenvalue weighted by Crippen LogP contribution is 2.45. The maximum Gasteiger partial charge on any atom is 0.351 e. The second kappa shape index (κ2) is 41.6. The van der Waals surface area contributed by atoms with E-state index in [4.69, 9.17) is 59.6 Å². The van der Waals surface area contributed by atoms with E-state index in [0.29, 0.717) is 90.7 Å². The van der Waals surface area contributed by atoms with Crippen molar-refractivity contribution in [3.8, 4) is 86.5 Å². The van der Waals surface area contributed by atoms with E-state index in [1.807, 2.05) is 56.6 Å². The topological polar surface area (TPSA) is 351 Å². The fourth-order valence-electron chi connectivity index (χ4n) is 15.7. The molecular weight excluding hydrogens is 1660 g/mol. The van der Waals surface area contributed by atoms with Crippen molar-refractivity contribution in [2.75, 3.05) is 120 Å². The maximum absolute atomic E-state index is 13.9. The molecule has 0 bridgehead atoms. The third-order valence-corrected chi connectivity index (χ3v) is 22.9. The number of carboxylic acids is 1. The molecule has 15 aromatic rings. The summed E-state index contributed by atoms with van der Waals surface area (Å²) in [6.45, 7) is 18.4. The Morgan fingerprint density at radius 1 is 0.431 bits per heavy atom. The number of nitrogens with zero attached hydrogens (tertiary/aromatic N) is 16. The van der Waals surface area contributed by atoms with E-state index in [9.17, 15) is 37.9 Å². The van der Waals surface area contributed by atoms with Crippen molar-refractivity contribution >= 4 is 83.3 Å². The number of nitrogens with one attached hydrogen (secondary N) is 1.